The predicted octanol–water partition coefficient (Wildman–Crippen LogP) is 0.187. The highest BCUT2D eigenvalue weighted by atomic mass is 32.2. The van der Waals surface area contributed by atoms with Crippen molar-refractivity contribution in [2.45, 2.75) is 18.9 Å². The third kappa shape index (κ3) is 3.02. The Bertz CT molecular complexity index is 506. The van der Waals surface area contributed by atoms with E-state index in [2.05, 4.69) is 15.3 Å². The second-order valence-corrected chi connectivity index (χ2v) is 6.30. The molecule has 1 saturated heterocycles. The van der Waals surface area contributed by atoms with Crippen LogP contribution in [-0.2, 0) is 9.84 Å². The van der Waals surface area contributed by atoms with Crippen LogP contribution in [0.4, 0.5) is 16.2 Å². The molecule has 1 aromatic heterocycles. The van der Waals surface area contributed by atoms with Crippen molar-refractivity contribution < 1.29 is 12.8 Å². The largest absolute Gasteiger partial charge is 0.368 e. The molecule has 94 valence electrons. The zero-order valence-corrected chi connectivity index (χ0v) is 9.87. The van der Waals surface area contributed by atoms with E-state index in [1.807, 2.05) is 0 Å². The highest BCUT2D eigenvalue weighted by molar-refractivity contribution is 7.91. The van der Waals surface area contributed by atoms with E-state index in [1.165, 1.54) is 0 Å². The molecule has 3 N–H and O–H groups in total. The minimum atomic E-state index is -2.92. The number of halogens is 1. The van der Waals surface area contributed by atoms with E-state index in [4.69, 9.17) is 5.73 Å². The van der Waals surface area contributed by atoms with Crippen molar-refractivity contribution in [2.24, 2.45) is 0 Å². The van der Waals surface area contributed by atoms with Gasteiger partial charge in [-0.25, -0.2) is 17.8 Å². The molecule has 6 nitrogen and oxygen atoms in total. The van der Waals surface area contributed by atoms with Gasteiger partial charge in [0.15, 0.2) is 11.6 Å². The van der Waals surface area contributed by atoms with Gasteiger partial charge in [0.2, 0.25) is 5.95 Å². The van der Waals surface area contributed by atoms with Crippen LogP contribution in [0.25, 0.3) is 0 Å². The number of nitrogens with two attached hydrogens (primary N) is 1. The number of nitrogens with one attached hydrogen (secondary N) is 1. The first-order valence-electron chi connectivity index (χ1n) is 5.21. The monoisotopic (exact) mass is 260 g/mol. The Balaban J connectivity index is 2.05. The van der Waals surface area contributed by atoms with Gasteiger partial charge >= 0.3 is 0 Å². The molecule has 0 radical (unpaired) electrons. The molecule has 0 bridgehead atoms. The fourth-order valence-electron chi connectivity index (χ4n) is 1.71. The number of rotatable bonds is 2. The quantitative estimate of drug-likeness (QED) is 0.787. The number of sulfone groups is 1. The van der Waals surface area contributed by atoms with Crippen LogP contribution in [0.5, 0.6) is 0 Å². The maximum Gasteiger partial charge on any atom is 0.222 e. The second-order valence-electron chi connectivity index (χ2n) is 4.00. The van der Waals surface area contributed by atoms with Crippen LogP contribution in [0.1, 0.15) is 12.8 Å². The van der Waals surface area contributed by atoms with E-state index in [9.17, 15) is 12.8 Å². The van der Waals surface area contributed by atoms with E-state index in [0.717, 1.165) is 6.20 Å². The molecular weight excluding hydrogens is 247 g/mol. The summed E-state index contributed by atoms with van der Waals surface area (Å²) in [5.41, 5.74) is 5.35. The zero-order chi connectivity index (χ0) is 12.5. The molecule has 17 heavy (non-hydrogen) atoms. The lowest BCUT2D eigenvalue weighted by Crippen LogP contribution is -2.32. The highest BCUT2D eigenvalue weighted by Crippen LogP contribution is 2.18. The van der Waals surface area contributed by atoms with E-state index in [1.54, 1.807) is 0 Å². The minimum Gasteiger partial charge on any atom is -0.368 e. The van der Waals surface area contributed by atoms with Gasteiger partial charge in [-0.2, -0.15) is 4.98 Å². The first kappa shape index (κ1) is 12.0. The molecule has 1 fully saturated rings. The first-order valence-corrected chi connectivity index (χ1v) is 7.03. The zero-order valence-electron chi connectivity index (χ0n) is 9.06. The van der Waals surface area contributed by atoms with Gasteiger partial charge in [-0.05, 0) is 12.8 Å². The van der Waals surface area contributed by atoms with E-state index < -0.39 is 15.7 Å². The third-order valence-electron chi connectivity index (χ3n) is 2.66. The van der Waals surface area contributed by atoms with Gasteiger partial charge in [0.05, 0.1) is 17.7 Å². The Morgan fingerprint density at radius 2 is 2.06 bits per heavy atom. The van der Waals surface area contributed by atoms with Crippen LogP contribution in [-0.4, -0.2) is 35.9 Å². The van der Waals surface area contributed by atoms with Crippen LogP contribution in [0.2, 0.25) is 0 Å². The maximum atomic E-state index is 13.3. The van der Waals surface area contributed by atoms with Gasteiger partial charge in [-0.1, -0.05) is 0 Å². The fraction of sp³-hybridized carbons (Fsp3) is 0.556. The van der Waals surface area contributed by atoms with Gasteiger partial charge in [-0.15, -0.1) is 0 Å². The second kappa shape index (κ2) is 4.44. The summed E-state index contributed by atoms with van der Waals surface area (Å²) in [5.74, 6) is -0.341. The molecular formula is C9H13FN4O2S. The van der Waals surface area contributed by atoms with Crippen molar-refractivity contribution in [2.75, 3.05) is 22.6 Å². The summed E-state index contributed by atoms with van der Waals surface area (Å²) in [7, 11) is -2.92. The van der Waals surface area contributed by atoms with Crippen molar-refractivity contribution in [1.82, 2.24) is 9.97 Å². The summed E-state index contributed by atoms with van der Waals surface area (Å²) in [6.07, 6.45) is 1.89. The smallest absolute Gasteiger partial charge is 0.222 e. The molecule has 2 heterocycles. The van der Waals surface area contributed by atoms with E-state index in [-0.39, 0.29) is 29.3 Å². The summed E-state index contributed by atoms with van der Waals surface area (Å²) in [4.78, 5) is 7.25. The average molecular weight is 260 g/mol. The molecule has 0 aliphatic carbocycles. The molecule has 0 atom stereocenters. The SMILES string of the molecule is Nc1ncc(F)c(NC2CCS(=O)(=O)CC2)n1. The average Bonchev–Trinajstić information content (AvgIpc) is 2.26. The van der Waals surface area contributed by atoms with Crippen LogP contribution < -0.4 is 11.1 Å². The molecule has 0 aromatic carbocycles. The summed E-state index contributed by atoms with van der Waals surface area (Å²) >= 11 is 0. The number of hydrogen-bond donors (Lipinski definition) is 2. The molecule has 0 saturated carbocycles. The topological polar surface area (TPSA) is 98.0 Å². The molecule has 0 spiro atoms. The van der Waals surface area contributed by atoms with Crippen molar-refractivity contribution in [3.05, 3.63) is 12.0 Å². The number of nitrogen functional groups attached to an aromatic ring is 1. The van der Waals surface area contributed by atoms with Crippen molar-refractivity contribution in [1.29, 1.82) is 0 Å². The van der Waals surface area contributed by atoms with Crippen molar-refractivity contribution in [3.63, 3.8) is 0 Å². The van der Waals surface area contributed by atoms with Gasteiger partial charge in [-0.3, -0.25) is 0 Å². The number of aromatic nitrogens is 2. The summed E-state index contributed by atoms with van der Waals surface area (Å²) in [6.45, 7) is 0. The molecule has 1 aliphatic rings. The lowest BCUT2D eigenvalue weighted by atomic mass is 10.1. The van der Waals surface area contributed by atoms with Crippen molar-refractivity contribution in [3.8, 4) is 0 Å². The summed E-state index contributed by atoms with van der Waals surface area (Å²) < 4.78 is 35.8. The molecule has 2 rings (SSSR count). The van der Waals surface area contributed by atoms with Gasteiger partial charge < -0.3 is 11.1 Å². The van der Waals surface area contributed by atoms with Crippen LogP contribution in [0, 0.1) is 5.82 Å². The fourth-order valence-corrected chi connectivity index (χ4v) is 3.20. The minimum absolute atomic E-state index is 0.0164. The first-order chi connectivity index (χ1) is 7.96. The lowest BCUT2D eigenvalue weighted by Gasteiger charge is -2.23. The van der Waals surface area contributed by atoms with Gasteiger partial charge in [0, 0.05) is 6.04 Å². The molecule has 1 aromatic rings. The number of nitrogens with zero attached hydrogens (tertiary/aromatic N) is 2. The Hall–Kier alpha value is -1.44. The lowest BCUT2D eigenvalue weighted by molar-refractivity contribution is 0.555. The number of hydrogen-bond acceptors (Lipinski definition) is 6. The standard InChI is InChI=1S/C9H13FN4O2S/c10-7-5-12-9(11)14-8(7)13-6-1-3-17(15,16)4-2-6/h5-6H,1-4H2,(H3,11,12,13,14). The highest BCUT2D eigenvalue weighted by Gasteiger charge is 2.24. The van der Waals surface area contributed by atoms with Crippen LogP contribution >= 0.6 is 0 Å². The Kier molecular flexibility index (Phi) is 3.14. The Labute approximate surface area is 98.4 Å². The van der Waals surface area contributed by atoms with Crippen LogP contribution in [0.3, 0.4) is 0 Å². The van der Waals surface area contributed by atoms with E-state index in [0.29, 0.717) is 12.8 Å². The third-order valence-corrected chi connectivity index (χ3v) is 4.37. The number of anilines is 2. The normalized spacial score (nSPS) is 20.1. The Morgan fingerprint density at radius 3 is 2.71 bits per heavy atom. The van der Waals surface area contributed by atoms with E-state index >= 15 is 0 Å². The van der Waals surface area contributed by atoms with Crippen LogP contribution in [0.15, 0.2) is 6.20 Å². The predicted molar refractivity (Wildman–Crippen MR) is 61.7 cm³/mol. The Morgan fingerprint density at radius 1 is 1.41 bits per heavy atom. The van der Waals surface area contributed by atoms with Gasteiger partial charge in [0.25, 0.3) is 0 Å². The summed E-state index contributed by atoms with van der Waals surface area (Å²) in [5, 5.41) is 2.86. The molecule has 1 aliphatic heterocycles. The molecule has 8 heteroatoms. The van der Waals surface area contributed by atoms with Gasteiger partial charge in [0.1, 0.15) is 9.84 Å². The molecule has 0 unspecified atom stereocenters. The van der Waals surface area contributed by atoms with Crippen molar-refractivity contribution >= 4 is 21.6 Å². The molecule has 0 amide bonds. The maximum absolute atomic E-state index is 13.3. The summed E-state index contributed by atoms with van der Waals surface area (Å²) in [6, 6.07) is -0.0951.